The van der Waals surface area contributed by atoms with E-state index in [2.05, 4.69) is 22.6 Å². The van der Waals surface area contributed by atoms with E-state index in [4.69, 9.17) is 9.47 Å². The van der Waals surface area contributed by atoms with Crippen molar-refractivity contribution in [3.8, 4) is 11.5 Å². The Morgan fingerprint density at radius 2 is 1.53 bits per heavy atom. The molecular weight excluding hydrogens is 537 g/mol. The molecule has 162 valence electrons. The van der Waals surface area contributed by atoms with Crippen LogP contribution in [0.2, 0.25) is 0 Å². The zero-order chi connectivity index (χ0) is 22.3. The molecule has 7 heteroatoms. The number of imide groups is 1. The molecule has 0 saturated carbocycles. The lowest BCUT2D eigenvalue weighted by Gasteiger charge is -2.12. The Balaban J connectivity index is 1.36. The Hall–Kier alpha value is -2.78. The average molecular weight is 557 g/mol. The maximum Gasteiger partial charge on any atom is 0.293 e. The first-order valence-corrected chi connectivity index (χ1v) is 11.9. The molecule has 1 heterocycles. The van der Waals surface area contributed by atoms with Crippen LogP contribution in [0.15, 0.2) is 83.8 Å². The number of thioether (sulfide) groups is 1. The maximum atomic E-state index is 12.8. The van der Waals surface area contributed by atoms with Crippen LogP contribution < -0.4 is 9.47 Å². The first-order chi connectivity index (χ1) is 15.6. The summed E-state index contributed by atoms with van der Waals surface area (Å²) in [5, 5.41) is -0.259. The highest BCUT2D eigenvalue weighted by molar-refractivity contribution is 14.1. The van der Waals surface area contributed by atoms with Gasteiger partial charge in [-0.1, -0.05) is 42.5 Å². The van der Waals surface area contributed by atoms with Gasteiger partial charge in [-0.25, -0.2) is 0 Å². The van der Waals surface area contributed by atoms with Gasteiger partial charge in [-0.15, -0.1) is 0 Å². The Bertz CT molecular complexity index is 1130. The summed E-state index contributed by atoms with van der Waals surface area (Å²) in [6, 6.07) is 24.8. The van der Waals surface area contributed by atoms with Gasteiger partial charge in [-0.3, -0.25) is 14.5 Å². The number of benzene rings is 3. The molecule has 0 atom stereocenters. The van der Waals surface area contributed by atoms with E-state index in [0.717, 1.165) is 32.2 Å². The molecule has 0 unspecified atom stereocenters. The monoisotopic (exact) mass is 557 g/mol. The number of halogens is 1. The normalized spacial score (nSPS) is 14.8. The van der Waals surface area contributed by atoms with Crippen molar-refractivity contribution < 1.29 is 19.1 Å². The van der Waals surface area contributed by atoms with Gasteiger partial charge in [0.1, 0.15) is 24.7 Å². The SMILES string of the molecule is O=C1S/C(=C/c2cccc(OCCOc3ccccc3)c2)C(=O)N1Cc1ccc(I)cc1. The number of carbonyl (C=O) groups is 2. The molecule has 4 rings (SSSR count). The second kappa shape index (κ2) is 10.7. The smallest absolute Gasteiger partial charge is 0.293 e. The number of amides is 2. The Kier molecular flexibility index (Phi) is 7.49. The largest absolute Gasteiger partial charge is 0.490 e. The lowest BCUT2D eigenvalue weighted by molar-refractivity contribution is -0.123. The molecule has 0 aromatic heterocycles. The van der Waals surface area contributed by atoms with Crippen LogP contribution in [0.3, 0.4) is 0 Å². The van der Waals surface area contributed by atoms with Gasteiger partial charge in [0.15, 0.2) is 0 Å². The fourth-order valence-electron chi connectivity index (χ4n) is 3.09. The van der Waals surface area contributed by atoms with Crippen molar-refractivity contribution in [1.29, 1.82) is 0 Å². The predicted molar refractivity (Wildman–Crippen MR) is 135 cm³/mol. The number of hydrogen-bond acceptors (Lipinski definition) is 5. The fraction of sp³-hybridized carbons (Fsp3) is 0.120. The van der Waals surface area contributed by atoms with Gasteiger partial charge in [0.05, 0.1) is 11.4 Å². The second-order valence-electron chi connectivity index (χ2n) is 6.98. The molecule has 0 spiro atoms. The third-order valence-corrected chi connectivity index (χ3v) is 6.27. The fourth-order valence-corrected chi connectivity index (χ4v) is 4.29. The summed E-state index contributed by atoms with van der Waals surface area (Å²) in [4.78, 5) is 26.9. The summed E-state index contributed by atoms with van der Waals surface area (Å²) < 4.78 is 12.5. The minimum absolute atomic E-state index is 0.259. The maximum absolute atomic E-state index is 12.8. The van der Waals surface area contributed by atoms with Gasteiger partial charge < -0.3 is 9.47 Å². The first-order valence-electron chi connectivity index (χ1n) is 9.99. The quantitative estimate of drug-likeness (QED) is 0.194. The molecule has 1 aliphatic rings. The van der Waals surface area contributed by atoms with Crippen molar-refractivity contribution in [3.05, 3.63) is 98.5 Å². The summed E-state index contributed by atoms with van der Waals surface area (Å²) in [5.41, 5.74) is 1.72. The summed E-state index contributed by atoms with van der Waals surface area (Å²) in [6.07, 6.45) is 1.73. The highest BCUT2D eigenvalue weighted by atomic mass is 127. The van der Waals surface area contributed by atoms with Gasteiger partial charge in [-0.05, 0) is 88.0 Å². The number of rotatable bonds is 8. The Morgan fingerprint density at radius 1 is 0.844 bits per heavy atom. The van der Waals surface area contributed by atoms with E-state index in [9.17, 15) is 9.59 Å². The highest BCUT2D eigenvalue weighted by Gasteiger charge is 2.34. The molecule has 2 amide bonds. The minimum atomic E-state index is -0.277. The van der Waals surface area contributed by atoms with Crippen molar-refractivity contribution in [1.82, 2.24) is 4.90 Å². The molecule has 0 bridgehead atoms. The molecule has 32 heavy (non-hydrogen) atoms. The first kappa shape index (κ1) is 22.4. The van der Waals surface area contributed by atoms with Crippen LogP contribution in [-0.4, -0.2) is 29.3 Å². The lowest BCUT2D eigenvalue weighted by atomic mass is 10.2. The van der Waals surface area contributed by atoms with Gasteiger partial charge in [0.2, 0.25) is 0 Å². The summed E-state index contributed by atoms with van der Waals surface area (Å²) >= 11 is 3.18. The van der Waals surface area contributed by atoms with E-state index in [-0.39, 0.29) is 17.7 Å². The third kappa shape index (κ3) is 5.92. The third-order valence-electron chi connectivity index (χ3n) is 4.65. The molecule has 1 aliphatic heterocycles. The average Bonchev–Trinajstić information content (AvgIpc) is 3.06. The van der Waals surface area contributed by atoms with Crippen LogP contribution in [0.5, 0.6) is 11.5 Å². The predicted octanol–water partition coefficient (Wildman–Crippen LogP) is 5.99. The lowest BCUT2D eigenvalue weighted by Crippen LogP contribution is -2.27. The van der Waals surface area contributed by atoms with E-state index in [1.807, 2.05) is 78.9 Å². The van der Waals surface area contributed by atoms with Crippen molar-refractivity contribution in [2.75, 3.05) is 13.2 Å². The van der Waals surface area contributed by atoms with Crippen LogP contribution in [-0.2, 0) is 11.3 Å². The zero-order valence-corrected chi connectivity index (χ0v) is 20.0. The molecule has 3 aromatic rings. The molecule has 0 N–H and O–H groups in total. The summed E-state index contributed by atoms with van der Waals surface area (Å²) in [7, 11) is 0. The molecule has 1 saturated heterocycles. The van der Waals surface area contributed by atoms with Crippen LogP contribution in [0.1, 0.15) is 11.1 Å². The molecule has 3 aromatic carbocycles. The van der Waals surface area contributed by atoms with Crippen LogP contribution in [0.25, 0.3) is 6.08 Å². The van der Waals surface area contributed by atoms with Crippen molar-refractivity contribution in [2.24, 2.45) is 0 Å². The Labute approximate surface area is 204 Å². The van der Waals surface area contributed by atoms with Crippen LogP contribution in [0.4, 0.5) is 4.79 Å². The van der Waals surface area contributed by atoms with Gasteiger partial charge in [-0.2, -0.15) is 0 Å². The number of carbonyl (C=O) groups excluding carboxylic acids is 2. The number of nitrogens with zero attached hydrogens (tertiary/aromatic N) is 1. The van der Waals surface area contributed by atoms with Gasteiger partial charge in [0, 0.05) is 3.57 Å². The standard InChI is InChI=1S/C25H20INO4S/c26-20-11-9-18(10-12-20)17-27-24(28)23(32-25(27)29)16-19-5-4-8-22(15-19)31-14-13-30-21-6-2-1-3-7-21/h1-12,15-16H,13-14,17H2/b23-16+. The molecule has 5 nitrogen and oxygen atoms in total. The molecule has 1 fully saturated rings. The van der Waals surface area contributed by atoms with E-state index in [1.54, 1.807) is 6.08 Å². The zero-order valence-electron chi connectivity index (χ0n) is 17.1. The van der Waals surface area contributed by atoms with Crippen molar-refractivity contribution >= 4 is 51.6 Å². The second-order valence-corrected chi connectivity index (χ2v) is 9.22. The summed E-state index contributed by atoms with van der Waals surface area (Å²) in [5.74, 6) is 1.19. The van der Waals surface area contributed by atoms with Crippen molar-refractivity contribution in [2.45, 2.75) is 6.54 Å². The Morgan fingerprint density at radius 3 is 2.28 bits per heavy atom. The minimum Gasteiger partial charge on any atom is -0.490 e. The van der Waals surface area contributed by atoms with Gasteiger partial charge in [0.25, 0.3) is 11.1 Å². The van der Waals surface area contributed by atoms with Gasteiger partial charge >= 0.3 is 0 Å². The van der Waals surface area contributed by atoms with E-state index in [0.29, 0.717) is 23.9 Å². The topological polar surface area (TPSA) is 55.8 Å². The van der Waals surface area contributed by atoms with E-state index >= 15 is 0 Å². The van der Waals surface area contributed by atoms with Crippen LogP contribution >= 0.6 is 34.4 Å². The number of ether oxygens (including phenoxy) is 2. The molecular formula is C25H20INO4S. The molecule has 0 radical (unpaired) electrons. The van der Waals surface area contributed by atoms with E-state index < -0.39 is 0 Å². The highest BCUT2D eigenvalue weighted by Crippen LogP contribution is 2.33. The molecule has 0 aliphatic carbocycles. The number of hydrogen-bond donors (Lipinski definition) is 0. The van der Waals surface area contributed by atoms with E-state index in [1.165, 1.54) is 4.90 Å². The van der Waals surface area contributed by atoms with Crippen molar-refractivity contribution in [3.63, 3.8) is 0 Å². The van der Waals surface area contributed by atoms with Crippen LogP contribution in [0, 0.1) is 3.57 Å². The number of para-hydroxylation sites is 1. The summed E-state index contributed by atoms with van der Waals surface area (Å²) in [6.45, 7) is 1.08.